The van der Waals surface area contributed by atoms with Gasteiger partial charge in [0.05, 0.1) is 11.4 Å². The van der Waals surface area contributed by atoms with Crippen LogP contribution in [-0.2, 0) is 0 Å². The van der Waals surface area contributed by atoms with E-state index in [1.54, 1.807) is 6.08 Å². The molecule has 0 bridgehead atoms. The fourth-order valence-electron chi connectivity index (χ4n) is 6.30. The summed E-state index contributed by atoms with van der Waals surface area (Å²) in [6.07, 6.45) is 14.6. The summed E-state index contributed by atoms with van der Waals surface area (Å²) in [5.41, 5.74) is 11.5. The summed E-state index contributed by atoms with van der Waals surface area (Å²) in [7, 11) is 0. The van der Waals surface area contributed by atoms with Gasteiger partial charge >= 0.3 is 0 Å². The molecule has 6 aromatic rings. The zero-order valence-corrected chi connectivity index (χ0v) is 28.3. The highest BCUT2D eigenvalue weighted by Crippen LogP contribution is 2.34. The Morgan fingerprint density at radius 2 is 1.28 bits per heavy atom. The molecule has 50 heavy (non-hydrogen) atoms. The lowest BCUT2D eigenvalue weighted by Crippen LogP contribution is -1.99. The van der Waals surface area contributed by atoms with Crippen LogP contribution in [0.25, 0.3) is 49.5 Å². The van der Waals surface area contributed by atoms with Crippen LogP contribution in [0, 0.1) is 0 Å². The summed E-state index contributed by atoms with van der Waals surface area (Å²) < 4.78 is 0. The van der Waals surface area contributed by atoms with E-state index in [4.69, 9.17) is 4.99 Å². The van der Waals surface area contributed by atoms with Crippen molar-refractivity contribution in [1.29, 1.82) is 0 Å². The summed E-state index contributed by atoms with van der Waals surface area (Å²) in [5.74, 6) is 0. The maximum absolute atomic E-state index is 5.29. The van der Waals surface area contributed by atoms with Crippen molar-refractivity contribution >= 4 is 50.3 Å². The highest BCUT2D eigenvalue weighted by atomic mass is 14.8. The zero-order valence-electron chi connectivity index (χ0n) is 28.3. The Morgan fingerprint density at radius 3 is 2.02 bits per heavy atom. The number of aliphatic imine (C=N–C) groups is 2. The molecule has 0 aliphatic heterocycles. The molecule has 0 spiro atoms. The molecule has 7 rings (SSSR count). The van der Waals surface area contributed by atoms with Crippen LogP contribution < -0.4 is 0 Å². The first-order chi connectivity index (χ1) is 24.5. The summed E-state index contributed by atoms with van der Waals surface area (Å²) >= 11 is 0. The Hall–Kier alpha value is -6.38. The van der Waals surface area contributed by atoms with Crippen LogP contribution in [0.2, 0.25) is 0 Å². The fourth-order valence-corrected chi connectivity index (χ4v) is 6.30. The molecule has 6 aromatic carbocycles. The fraction of sp³-hybridized carbons (Fsp3) is 0.0417. The smallest absolute Gasteiger partial charge is 0.0711 e. The first kappa shape index (κ1) is 32.2. The SMILES string of the molecule is C=C/C=C\C=NC1=CCC(c2cc(C(C)=N/C(=C\C(=C)c3ccccc3)c3ccccc3)cc(-c3ccc4cc5ccccc5cc4c3)c2)=C1. The molecule has 0 unspecified atom stereocenters. The average Bonchev–Trinajstić information content (AvgIpc) is 3.65. The van der Waals surface area contributed by atoms with Crippen molar-refractivity contribution in [3.8, 4) is 11.1 Å². The second-order valence-corrected chi connectivity index (χ2v) is 12.4. The van der Waals surface area contributed by atoms with Crippen LogP contribution in [0.3, 0.4) is 0 Å². The molecule has 2 heteroatoms. The topological polar surface area (TPSA) is 24.7 Å². The van der Waals surface area contributed by atoms with Gasteiger partial charge in [-0.15, -0.1) is 0 Å². The molecule has 240 valence electrons. The van der Waals surface area contributed by atoms with Gasteiger partial charge in [0.25, 0.3) is 0 Å². The van der Waals surface area contributed by atoms with E-state index in [0.29, 0.717) is 0 Å². The van der Waals surface area contributed by atoms with Crippen molar-refractivity contribution in [2.45, 2.75) is 13.3 Å². The number of allylic oxidation sites excluding steroid dienone is 8. The van der Waals surface area contributed by atoms with Crippen LogP contribution in [0.4, 0.5) is 0 Å². The molecule has 2 nitrogen and oxygen atoms in total. The van der Waals surface area contributed by atoms with E-state index in [1.165, 1.54) is 32.7 Å². The Balaban J connectivity index is 1.33. The summed E-state index contributed by atoms with van der Waals surface area (Å²) in [5, 5.41) is 4.94. The van der Waals surface area contributed by atoms with Crippen molar-refractivity contribution in [1.82, 2.24) is 0 Å². The van der Waals surface area contributed by atoms with Crippen molar-refractivity contribution in [2.75, 3.05) is 0 Å². The summed E-state index contributed by atoms with van der Waals surface area (Å²) in [4.78, 5) is 9.93. The maximum Gasteiger partial charge on any atom is 0.0711 e. The van der Waals surface area contributed by atoms with E-state index in [0.717, 1.165) is 56.9 Å². The molecule has 0 radical (unpaired) electrons. The maximum atomic E-state index is 5.29. The second kappa shape index (κ2) is 14.8. The molecule has 0 aromatic heterocycles. The van der Waals surface area contributed by atoms with E-state index in [9.17, 15) is 0 Å². The monoisotopic (exact) mass is 642 g/mol. The Bertz CT molecular complexity index is 2420. The third-order valence-corrected chi connectivity index (χ3v) is 8.98. The van der Waals surface area contributed by atoms with Gasteiger partial charge < -0.3 is 0 Å². The third kappa shape index (κ3) is 7.36. The Labute approximate surface area is 294 Å². The van der Waals surface area contributed by atoms with Crippen LogP contribution in [-0.4, -0.2) is 11.9 Å². The lowest BCUT2D eigenvalue weighted by molar-refractivity contribution is 1.38. The molecular formula is C48H38N2. The molecule has 0 heterocycles. The van der Waals surface area contributed by atoms with Gasteiger partial charge in [-0.3, -0.25) is 9.98 Å². The normalized spacial score (nSPS) is 13.7. The predicted molar refractivity (Wildman–Crippen MR) is 218 cm³/mol. The van der Waals surface area contributed by atoms with Gasteiger partial charge in [-0.25, -0.2) is 0 Å². The Kier molecular flexibility index (Phi) is 9.53. The van der Waals surface area contributed by atoms with E-state index in [-0.39, 0.29) is 0 Å². The first-order valence-corrected chi connectivity index (χ1v) is 16.9. The molecular weight excluding hydrogens is 605 g/mol. The zero-order chi connectivity index (χ0) is 34.3. The van der Waals surface area contributed by atoms with Crippen LogP contribution in [0.5, 0.6) is 0 Å². The second-order valence-electron chi connectivity index (χ2n) is 12.4. The van der Waals surface area contributed by atoms with Gasteiger partial charge in [-0.1, -0.05) is 128 Å². The van der Waals surface area contributed by atoms with E-state index in [1.807, 2.05) is 54.8 Å². The van der Waals surface area contributed by atoms with Crippen LogP contribution in [0.15, 0.2) is 199 Å². The minimum absolute atomic E-state index is 0.812. The quantitative estimate of drug-likeness (QED) is 0.0807. The lowest BCUT2D eigenvalue weighted by atomic mass is 9.92. The standard InChI is InChI=1S/C48H38N2/c1-4-5-14-25-49-47-24-23-42(33-47)46-31-43(30-45(32-46)41-22-21-40-27-38-19-12-13-20-39(38)28-44(40)29-41)35(3)50-48(37-17-10-7-11-18-37)26-34(2)36-15-8-6-9-16-36/h4-22,24-33H,1-2,23H2,3H3/b14-5-,48-26-,49-25?,50-35?. The number of hydrogen-bond donors (Lipinski definition) is 0. The van der Waals surface area contributed by atoms with Crippen molar-refractivity contribution in [3.63, 3.8) is 0 Å². The largest absolute Gasteiger partial charge is 0.257 e. The number of nitrogens with zero attached hydrogens (tertiary/aromatic N) is 2. The van der Waals surface area contributed by atoms with Gasteiger partial charge in [0, 0.05) is 17.5 Å². The van der Waals surface area contributed by atoms with Crippen LogP contribution in [0.1, 0.15) is 35.6 Å². The minimum atomic E-state index is 0.812. The molecule has 0 saturated heterocycles. The molecule has 1 aliphatic carbocycles. The molecule has 0 atom stereocenters. The van der Waals surface area contributed by atoms with E-state index >= 15 is 0 Å². The first-order valence-electron chi connectivity index (χ1n) is 16.9. The number of fused-ring (bicyclic) bond motifs is 2. The van der Waals surface area contributed by atoms with Crippen molar-refractivity contribution in [3.05, 3.63) is 211 Å². The van der Waals surface area contributed by atoms with Crippen LogP contribution >= 0.6 is 0 Å². The molecule has 1 aliphatic rings. The van der Waals surface area contributed by atoms with Gasteiger partial charge in [-0.05, 0) is 128 Å². The number of rotatable bonds is 10. The predicted octanol–water partition coefficient (Wildman–Crippen LogP) is 12.7. The highest BCUT2D eigenvalue weighted by Gasteiger charge is 2.14. The van der Waals surface area contributed by atoms with Gasteiger partial charge in [0.15, 0.2) is 0 Å². The number of hydrogen-bond acceptors (Lipinski definition) is 2. The average molecular weight is 643 g/mol. The highest BCUT2D eigenvalue weighted by molar-refractivity contribution is 6.05. The van der Waals surface area contributed by atoms with E-state index < -0.39 is 0 Å². The Morgan fingerprint density at radius 1 is 0.620 bits per heavy atom. The lowest BCUT2D eigenvalue weighted by Gasteiger charge is -2.13. The van der Waals surface area contributed by atoms with Crippen molar-refractivity contribution < 1.29 is 0 Å². The summed E-state index contributed by atoms with van der Waals surface area (Å²) in [6.45, 7) is 10.2. The molecule has 0 fully saturated rings. The van der Waals surface area contributed by atoms with Gasteiger partial charge in [0.1, 0.15) is 0 Å². The van der Waals surface area contributed by atoms with E-state index in [2.05, 4.69) is 140 Å². The van der Waals surface area contributed by atoms with Gasteiger partial charge in [-0.2, -0.15) is 0 Å². The molecule has 0 N–H and O–H groups in total. The van der Waals surface area contributed by atoms with Gasteiger partial charge in [0.2, 0.25) is 0 Å². The number of benzene rings is 6. The third-order valence-electron chi connectivity index (χ3n) is 8.98. The van der Waals surface area contributed by atoms with Crippen molar-refractivity contribution in [2.24, 2.45) is 9.98 Å². The minimum Gasteiger partial charge on any atom is -0.257 e. The molecule has 0 saturated carbocycles. The summed E-state index contributed by atoms with van der Waals surface area (Å²) in [6, 6.07) is 47.3. The molecule has 0 amide bonds.